The van der Waals surface area contributed by atoms with Gasteiger partial charge in [-0.05, 0) is 5.56 Å². The van der Waals surface area contributed by atoms with E-state index in [4.69, 9.17) is 0 Å². The van der Waals surface area contributed by atoms with Crippen LogP contribution in [0.3, 0.4) is 0 Å². The zero-order chi connectivity index (χ0) is 15.4. The molecule has 0 radical (unpaired) electrons. The van der Waals surface area contributed by atoms with E-state index in [1.807, 2.05) is 0 Å². The highest BCUT2D eigenvalue weighted by molar-refractivity contribution is 5.85. The van der Waals surface area contributed by atoms with Gasteiger partial charge in [0.25, 0.3) is 5.92 Å². The molecule has 0 amide bonds. The number of benzene rings is 1. The summed E-state index contributed by atoms with van der Waals surface area (Å²) in [5.41, 5.74) is -1.17. The average Bonchev–Trinajstić information content (AvgIpc) is 2.92. The van der Waals surface area contributed by atoms with Crippen LogP contribution in [-0.2, 0) is 5.92 Å². The predicted molar refractivity (Wildman–Crippen MR) is 71.4 cm³/mol. The number of fused-ring (bicyclic) bond motifs is 1. The van der Waals surface area contributed by atoms with Gasteiger partial charge in [0.15, 0.2) is 0 Å². The van der Waals surface area contributed by atoms with Crippen molar-refractivity contribution in [3.8, 4) is 0 Å². The molecule has 1 atom stereocenters. The summed E-state index contributed by atoms with van der Waals surface area (Å²) in [4.78, 5) is 15.1. The number of aromatic nitrogens is 2. The fourth-order valence-corrected chi connectivity index (χ4v) is 3.10. The van der Waals surface area contributed by atoms with E-state index in [0.29, 0.717) is 5.56 Å². The summed E-state index contributed by atoms with van der Waals surface area (Å²) in [5, 5.41) is 9.21. The second-order valence-corrected chi connectivity index (χ2v) is 5.78. The number of hydrogen-bond donors (Lipinski definition) is 1. The third kappa shape index (κ3) is 1.65. The van der Waals surface area contributed by atoms with E-state index < -0.39 is 23.3 Å². The average molecular weight is 292 g/mol. The first kappa shape index (κ1) is 13.7. The molecule has 6 heteroatoms. The number of hydrogen-bond acceptors (Lipinski definition) is 2. The number of carboxylic acid groups (broad SMARTS) is 1. The maximum Gasteiger partial charge on any atom is 0.354 e. The maximum atomic E-state index is 14.7. The normalized spacial score (nSPS) is 22.0. The molecule has 0 aliphatic heterocycles. The number of carbonyl (C=O) groups is 1. The Bertz CT molecular complexity index is 722. The summed E-state index contributed by atoms with van der Waals surface area (Å²) < 4.78 is 30.7. The van der Waals surface area contributed by atoms with Crippen molar-refractivity contribution in [2.24, 2.45) is 5.41 Å². The third-order valence-electron chi connectivity index (χ3n) is 4.25. The molecule has 1 aliphatic rings. The van der Waals surface area contributed by atoms with Crippen LogP contribution in [0, 0.1) is 5.41 Å². The SMILES string of the molecule is CC1(C)C(n2cncc2C(=O)O)c2ccccc2C1(F)F. The van der Waals surface area contributed by atoms with Crippen molar-refractivity contribution in [1.29, 1.82) is 0 Å². The van der Waals surface area contributed by atoms with Crippen LogP contribution in [0.25, 0.3) is 0 Å². The van der Waals surface area contributed by atoms with Gasteiger partial charge in [0.2, 0.25) is 0 Å². The summed E-state index contributed by atoms with van der Waals surface area (Å²) in [7, 11) is 0. The van der Waals surface area contributed by atoms with E-state index >= 15 is 0 Å². The van der Waals surface area contributed by atoms with Crippen LogP contribution in [-0.4, -0.2) is 20.6 Å². The molecule has 3 rings (SSSR count). The van der Waals surface area contributed by atoms with Gasteiger partial charge < -0.3 is 9.67 Å². The van der Waals surface area contributed by atoms with E-state index in [-0.39, 0.29) is 11.3 Å². The summed E-state index contributed by atoms with van der Waals surface area (Å²) in [6, 6.07) is 5.48. The maximum absolute atomic E-state index is 14.7. The molecule has 1 aromatic heterocycles. The molecule has 4 nitrogen and oxygen atoms in total. The Kier molecular flexibility index (Phi) is 2.70. The highest BCUT2D eigenvalue weighted by Gasteiger charge is 2.61. The summed E-state index contributed by atoms with van der Waals surface area (Å²) >= 11 is 0. The second kappa shape index (κ2) is 4.13. The number of rotatable bonds is 2. The van der Waals surface area contributed by atoms with Crippen LogP contribution in [0.1, 0.15) is 41.5 Å². The number of alkyl halides is 2. The lowest BCUT2D eigenvalue weighted by Crippen LogP contribution is -2.35. The van der Waals surface area contributed by atoms with Crippen molar-refractivity contribution in [3.05, 3.63) is 53.6 Å². The van der Waals surface area contributed by atoms with Gasteiger partial charge in [-0.2, -0.15) is 0 Å². The predicted octanol–water partition coefficient (Wildman–Crippen LogP) is 3.30. The van der Waals surface area contributed by atoms with E-state index in [2.05, 4.69) is 4.98 Å². The molecule has 1 aliphatic carbocycles. The van der Waals surface area contributed by atoms with E-state index in [9.17, 15) is 18.7 Å². The molecular formula is C15H14F2N2O2. The van der Waals surface area contributed by atoms with Crippen LogP contribution in [0.4, 0.5) is 8.78 Å². The highest BCUT2D eigenvalue weighted by atomic mass is 19.3. The molecular weight excluding hydrogens is 278 g/mol. The number of carboxylic acids is 1. The number of imidazole rings is 1. The molecule has 1 heterocycles. The fourth-order valence-electron chi connectivity index (χ4n) is 3.10. The molecule has 21 heavy (non-hydrogen) atoms. The van der Waals surface area contributed by atoms with Gasteiger partial charge in [-0.3, -0.25) is 0 Å². The third-order valence-corrected chi connectivity index (χ3v) is 4.25. The molecule has 0 saturated heterocycles. The fraction of sp³-hybridized carbons (Fsp3) is 0.333. The van der Waals surface area contributed by atoms with E-state index in [0.717, 1.165) is 0 Å². The van der Waals surface area contributed by atoms with Gasteiger partial charge in [-0.15, -0.1) is 0 Å². The molecule has 0 spiro atoms. The Morgan fingerprint density at radius 3 is 2.67 bits per heavy atom. The Hall–Kier alpha value is -2.24. The Labute approximate surface area is 120 Å². The number of nitrogens with zero attached hydrogens (tertiary/aromatic N) is 2. The zero-order valence-corrected chi connectivity index (χ0v) is 11.5. The topological polar surface area (TPSA) is 55.1 Å². The Morgan fingerprint density at radius 2 is 2.00 bits per heavy atom. The molecule has 1 N–H and O–H groups in total. The van der Waals surface area contributed by atoms with Crippen molar-refractivity contribution in [2.45, 2.75) is 25.8 Å². The highest BCUT2D eigenvalue weighted by Crippen LogP contribution is 2.60. The van der Waals surface area contributed by atoms with Gasteiger partial charge in [-0.25, -0.2) is 18.6 Å². The number of halogens is 2. The van der Waals surface area contributed by atoms with Crippen LogP contribution in [0.5, 0.6) is 0 Å². The van der Waals surface area contributed by atoms with Crippen molar-refractivity contribution in [1.82, 2.24) is 9.55 Å². The zero-order valence-electron chi connectivity index (χ0n) is 11.5. The van der Waals surface area contributed by atoms with Gasteiger partial charge in [0, 0.05) is 5.56 Å². The van der Waals surface area contributed by atoms with Gasteiger partial charge in [0.1, 0.15) is 5.69 Å². The van der Waals surface area contributed by atoms with Crippen molar-refractivity contribution < 1.29 is 18.7 Å². The standard InChI is InChI=1S/C15H14F2N2O2/c1-14(2)12(19-8-18-7-11(19)13(20)21)9-5-3-4-6-10(9)15(14,16)17/h3-8,12H,1-2H3,(H,20,21). The van der Waals surface area contributed by atoms with Crippen LogP contribution < -0.4 is 0 Å². The van der Waals surface area contributed by atoms with E-state index in [1.165, 1.54) is 37.0 Å². The lowest BCUT2D eigenvalue weighted by molar-refractivity contribution is -0.113. The Morgan fingerprint density at radius 1 is 1.33 bits per heavy atom. The summed E-state index contributed by atoms with van der Waals surface area (Å²) in [6.45, 7) is 2.90. The monoisotopic (exact) mass is 292 g/mol. The van der Waals surface area contributed by atoms with Crippen LogP contribution in [0.2, 0.25) is 0 Å². The van der Waals surface area contributed by atoms with Gasteiger partial charge >= 0.3 is 5.97 Å². The lowest BCUT2D eigenvalue weighted by Gasteiger charge is -2.33. The summed E-state index contributed by atoms with van der Waals surface area (Å²) in [5.74, 6) is -4.23. The van der Waals surface area contributed by atoms with E-state index in [1.54, 1.807) is 18.2 Å². The Balaban J connectivity index is 2.27. The molecule has 2 aromatic rings. The van der Waals surface area contributed by atoms with Crippen molar-refractivity contribution >= 4 is 5.97 Å². The smallest absolute Gasteiger partial charge is 0.354 e. The first-order valence-electron chi connectivity index (χ1n) is 6.51. The molecule has 1 aromatic carbocycles. The summed E-state index contributed by atoms with van der Waals surface area (Å²) in [6.07, 6.45) is 2.48. The van der Waals surface area contributed by atoms with Crippen molar-refractivity contribution in [3.63, 3.8) is 0 Å². The molecule has 0 bridgehead atoms. The first-order chi connectivity index (χ1) is 9.78. The van der Waals surface area contributed by atoms with Crippen LogP contribution in [0.15, 0.2) is 36.8 Å². The lowest BCUT2D eigenvalue weighted by atomic mass is 9.82. The molecule has 0 saturated carbocycles. The minimum Gasteiger partial charge on any atom is -0.477 e. The molecule has 0 fully saturated rings. The molecule has 110 valence electrons. The quantitative estimate of drug-likeness (QED) is 0.924. The largest absolute Gasteiger partial charge is 0.477 e. The second-order valence-electron chi connectivity index (χ2n) is 5.78. The first-order valence-corrected chi connectivity index (χ1v) is 6.51. The minimum absolute atomic E-state index is 0.0509. The van der Waals surface area contributed by atoms with Crippen molar-refractivity contribution in [2.75, 3.05) is 0 Å². The molecule has 1 unspecified atom stereocenters. The van der Waals surface area contributed by atoms with Crippen LogP contribution >= 0.6 is 0 Å². The van der Waals surface area contributed by atoms with Gasteiger partial charge in [-0.1, -0.05) is 38.1 Å². The van der Waals surface area contributed by atoms with Gasteiger partial charge in [0.05, 0.1) is 24.0 Å². The number of aromatic carboxylic acids is 1. The minimum atomic E-state index is -3.05.